The summed E-state index contributed by atoms with van der Waals surface area (Å²) in [4.78, 5) is 32.2. The van der Waals surface area contributed by atoms with Gasteiger partial charge >= 0.3 is 13.6 Å². The van der Waals surface area contributed by atoms with Crippen LogP contribution in [0.25, 0.3) is 21.9 Å². The van der Waals surface area contributed by atoms with Gasteiger partial charge in [0, 0.05) is 16.8 Å². The molecular formula is C27H30NO9P. The van der Waals surface area contributed by atoms with E-state index in [2.05, 4.69) is 5.32 Å². The van der Waals surface area contributed by atoms with E-state index in [9.17, 15) is 24.3 Å². The number of rotatable bonds is 12. The van der Waals surface area contributed by atoms with Gasteiger partial charge in [-0.2, -0.15) is 0 Å². The van der Waals surface area contributed by atoms with Crippen LogP contribution in [-0.2, 0) is 22.2 Å². The summed E-state index contributed by atoms with van der Waals surface area (Å²) in [5.74, 6) is -1.28. The van der Waals surface area contributed by atoms with E-state index in [-0.39, 0.29) is 19.3 Å². The molecule has 10 nitrogen and oxygen atoms in total. The minimum atomic E-state index is -4.72. The first-order valence-electron chi connectivity index (χ1n) is 11.9. The number of fused-ring (bicyclic) bond motifs is 3. The largest absolute Gasteiger partial charge is 0.496 e. The van der Waals surface area contributed by atoms with E-state index in [1.165, 1.54) is 21.3 Å². The van der Waals surface area contributed by atoms with Crippen molar-refractivity contribution < 1.29 is 42.9 Å². The maximum absolute atomic E-state index is 12.4. The standard InChI is InChI=1S/C27H30NO9P/c1-34-22-15-25(36-3)24(35-2)14-17(22)9-11-26(38(31,32)33)28-20(27(29)30)12-16-8-10-19-18-6-4-5-7-21(18)37-23(19)13-16/h4-8,10,13-15,20,26,28H,9,11-12H2,1-3H3,(H,29,30)(H2,31,32,33)/t20-,26+/m0/s1. The van der Waals surface area contributed by atoms with Crippen molar-refractivity contribution in [3.8, 4) is 17.2 Å². The number of furan rings is 1. The number of hydrogen-bond donors (Lipinski definition) is 4. The minimum Gasteiger partial charge on any atom is -0.496 e. The zero-order chi connectivity index (χ0) is 27.4. The molecule has 4 rings (SSSR count). The van der Waals surface area contributed by atoms with Crippen molar-refractivity contribution in [3.05, 3.63) is 65.7 Å². The van der Waals surface area contributed by atoms with Crippen molar-refractivity contribution in [2.45, 2.75) is 31.1 Å². The predicted octanol–water partition coefficient (Wildman–Crippen LogP) is 4.33. The number of nitrogens with one attached hydrogen (secondary N) is 1. The third-order valence-electron chi connectivity index (χ3n) is 6.45. The monoisotopic (exact) mass is 543 g/mol. The smallest absolute Gasteiger partial charge is 0.342 e. The summed E-state index contributed by atoms with van der Waals surface area (Å²) in [5, 5.41) is 14.4. The normalized spacial score (nSPS) is 13.4. The first-order valence-corrected chi connectivity index (χ1v) is 13.6. The van der Waals surface area contributed by atoms with Crippen molar-refractivity contribution in [1.82, 2.24) is 5.32 Å². The lowest BCUT2D eigenvalue weighted by Gasteiger charge is -2.25. The number of para-hydroxylation sites is 1. The Morgan fingerprint density at radius 3 is 2.24 bits per heavy atom. The van der Waals surface area contributed by atoms with E-state index in [1.54, 1.807) is 24.3 Å². The fourth-order valence-corrected chi connectivity index (χ4v) is 5.35. The third-order valence-corrected chi connectivity index (χ3v) is 7.67. The van der Waals surface area contributed by atoms with E-state index in [0.717, 1.165) is 16.4 Å². The van der Waals surface area contributed by atoms with Crippen LogP contribution in [0.3, 0.4) is 0 Å². The van der Waals surface area contributed by atoms with Gasteiger partial charge in [-0.3, -0.25) is 14.7 Å². The summed E-state index contributed by atoms with van der Waals surface area (Å²) >= 11 is 0. The molecule has 0 fully saturated rings. The number of ether oxygens (including phenoxy) is 3. The fraction of sp³-hybridized carbons (Fsp3) is 0.296. The molecule has 1 heterocycles. The number of aliphatic carboxylic acids is 1. The van der Waals surface area contributed by atoms with Crippen LogP contribution in [0.4, 0.5) is 0 Å². The van der Waals surface area contributed by atoms with E-state index >= 15 is 0 Å². The molecule has 0 bridgehead atoms. The highest BCUT2D eigenvalue weighted by Crippen LogP contribution is 2.43. The van der Waals surface area contributed by atoms with Crippen LogP contribution in [0.2, 0.25) is 0 Å². The highest BCUT2D eigenvalue weighted by Gasteiger charge is 2.33. The molecule has 11 heteroatoms. The zero-order valence-electron chi connectivity index (χ0n) is 21.2. The number of carboxylic acid groups (broad SMARTS) is 1. The van der Waals surface area contributed by atoms with E-state index < -0.39 is 25.4 Å². The Bertz CT molecular complexity index is 1490. The van der Waals surface area contributed by atoms with Crippen LogP contribution < -0.4 is 19.5 Å². The minimum absolute atomic E-state index is 0.00149. The molecule has 38 heavy (non-hydrogen) atoms. The highest BCUT2D eigenvalue weighted by atomic mass is 31.2. The topological polar surface area (TPSA) is 148 Å². The molecule has 0 saturated carbocycles. The number of benzene rings is 3. The highest BCUT2D eigenvalue weighted by molar-refractivity contribution is 7.52. The van der Waals surface area contributed by atoms with Crippen molar-refractivity contribution >= 4 is 35.5 Å². The van der Waals surface area contributed by atoms with Crippen LogP contribution in [0.5, 0.6) is 17.2 Å². The van der Waals surface area contributed by atoms with E-state index in [0.29, 0.717) is 34.0 Å². The Labute approximate surface area is 219 Å². The lowest BCUT2D eigenvalue weighted by Crippen LogP contribution is -2.44. The second kappa shape index (κ2) is 11.4. The average molecular weight is 544 g/mol. The number of hydrogen-bond acceptors (Lipinski definition) is 7. The van der Waals surface area contributed by atoms with Crippen molar-refractivity contribution in [3.63, 3.8) is 0 Å². The maximum atomic E-state index is 12.4. The lowest BCUT2D eigenvalue weighted by atomic mass is 10.0. The van der Waals surface area contributed by atoms with Crippen molar-refractivity contribution in [2.24, 2.45) is 0 Å². The molecule has 202 valence electrons. The summed E-state index contributed by atoms with van der Waals surface area (Å²) < 4.78 is 34.3. The zero-order valence-corrected chi connectivity index (χ0v) is 22.1. The van der Waals surface area contributed by atoms with Gasteiger partial charge in [-0.05, 0) is 48.6 Å². The summed E-state index contributed by atoms with van der Waals surface area (Å²) in [6, 6.07) is 15.0. The maximum Gasteiger partial charge on any atom is 0.342 e. The van der Waals surface area contributed by atoms with Crippen LogP contribution >= 0.6 is 7.60 Å². The van der Waals surface area contributed by atoms with E-state index in [1.807, 2.05) is 30.3 Å². The molecule has 0 spiro atoms. The summed E-state index contributed by atoms with van der Waals surface area (Å²) in [5.41, 5.74) is 2.62. The van der Waals surface area contributed by atoms with Crippen LogP contribution in [-0.4, -0.2) is 54.0 Å². The lowest BCUT2D eigenvalue weighted by molar-refractivity contribution is -0.139. The molecule has 0 aliphatic heterocycles. The molecule has 0 aliphatic carbocycles. The summed E-state index contributed by atoms with van der Waals surface area (Å²) in [6.45, 7) is 0. The number of methoxy groups -OCH3 is 3. The van der Waals surface area contributed by atoms with Gasteiger partial charge in [0.2, 0.25) is 0 Å². The average Bonchev–Trinajstić information content (AvgIpc) is 3.26. The molecule has 0 radical (unpaired) electrons. The second-order valence-corrected chi connectivity index (χ2v) is 10.7. The van der Waals surface area contributed by atoms with Gasteiger partial charge in [-0.15, -0.1) is 0 Å². The summed E-state index contributed by atoms with van der Waals surface area (Å²) in [6.07, 6.45) is 0.130. The van der Waals surface area contributed by atoms with E-state index in [4.69, 9.17) is 18.6 Å². The number of carboxylic acids is 1. The molecule has 0 amide bonds. The van der Waals surface area contributed by atoms with Gasteiger partial charge in [-0.1, -0.05) is 30.3 Å². The Morgan fingerprint density at radius 2 is 1.58 bits per heavy atom. The molecule has 3 aromatic carbocycles. The molecule has 1 aromatic heterocycles. The molecular weight excluding hydrogens is 513 g/mol. The Hall–Kier alpha value is -3.56. The SMILES string of the molecule is COc1cc(OC)c(OC)cc1CC[C@H](N[C@@H](Cc1ccc2c(c1)oc1ccccc12)C(=O)O)P(=O)(O)O. The molecule has 0 unspecified atom stereocenters. The van der Waals surface area contributed by atoms with Gasteiger partial charge in [0.1, 0.15) is 28.7 Å². The molecule has 4 N–H and O–H groups in total. The van der Waals surface area contributed by atoms with Gasteiger partial charge in [0.05, 0.1) is 21.3 Å². The summed E-state index contributed by atoms with van der Waals surface area (Å²) in [7, 11) is -0.273. The van der Waals surface area contributed by atoms with Gasteiger partial charge in [0.25, 0.3) is 0 Å². The van der Waals surface area contributed by atoms with Crippen LogP contribution in [0.15, 0.2) is 59.0 Å². The van der Waals surface area contributed by atoms with Gasteiger partial charge in [-0.25, -0.2) is 0 Å². The Morgan fingerprint density at radius 1 is 0.921 bits per heavy atom. The van der Waals surface area contributed by atoms with Crippen molar-refractivity contribution in [1.29, 1.82) is 0 Å². The molecule has 0 aliphatic rings. The van der Waals surface area contributed by atoms with Gasteiger partial charge < -0.3 is 33.5 Å². The molecule has 2 atom stereocenters. The first-order chi connectivity index (χ1) is 18.1. The molecule has 4 aromatic rings. The van der Waals surface area contributed by atoms with Crippen molar-refractivity contribution in [2.75, 3.05) is 21.3 Å². The Balaban J connectivity index is 1.55. The fourth-order valence-electron chi connectivity index (χ4n) is 4.51. The van der Waals surface area contributed by atoms with Gasteiger partial charge in [0.15, 0.2) is 11.5 Å². The number of carbonyl (C=O) groups is 1. The first kappa shape index (κ1) is 27.5. The third kappa shape index (κ3) is 5.95. The number of aryl methyl sites for hydroxylation is 1. The second-order valence-electron chi connectivity index (χ2n) is 8.85. The van der Waals surface area contributed by atoms with Crippen LogP contribution in [0, 0.1) is 0 Å². The van der Waals surface area contributed by atoms with Crippen LogP contribution in [0.1, 0.15) is 17.5 Å². The Kier molecular flexibility index (Phi) is 8.28. The predicted molar refractivity (Wildman–Crippen MR) is 142 cm³/mol. The molecule has 0 saturated heterocycles. The quantitative estimate of drug-likeness (QED) is 0.190.